The van der Waals surface area contributed by atoms with Gasteiger partial charge in [0.2, 0.25) is 5.91 Å². The molecule has 6 nitrogen and oxygen atoms in total. The van der Waals surface area contributed by atoms with Crippen molar-refractivity contribution in [2.45, 2.75) is 19.5 Å². The van der Waals surface area contributed by atoms with E-state index in [9.17, 15) is 4.79 Å². The Morgan fingerprint density at radius 3 is 2.41 bits per heavy atom. The van der Waals surface area contributed by atoms with Gasteiger partial charge in [0.15, 0.2) is 0 Å². The minimum Gasteiger partial charge on any atom is -0.379 e. The van der Waals surface area contributed by atoms with Gasteiger partial charge in [0.1, 0.15) is 0 Å². The first kappa shape index (κ1) is 22.9. The molecule has 2 aliphatic rings. The van der Waals surface area contributed by atoms with Gasteiger partial charge in [0.05, 0.1) is 19.8 Å². The van der Waals surface area contributed by atoms with E-state index in [1.54, 1.807) is 0 Å². The van der Waals surface area contributed by atoms with E-state index in [2.05, 4.69) is 70.6 Å². The van der Waals surface area contributed by atoms with Crippen molar-refractivity contribution in [3.8, 4) is 0 Å². The number of nitrogens with one attached hydrogen (secondary N) is 1. The number of benzene rings is 2. The van der Waals surface area contributed by atoms with Crippen LogP contribution in [0.4, 0.5) is 0 Å². The SMILES string of the molecule is Cc1cccc(CN2CCN(C(=O)CNC(CN3CCOCC3)c3ccccc3)CC2)c1. The van der Waals surface area contributed by atoms with Crippen LogP contribution in [-0.4, -0.2) is 86.2 Å². The molecule has 1 N–H and O–H groups in total. The molecule has 6 heteroatoms. The lowest BCUT2D eigenvalue weighted by Crippen LogP contribution is -2.51. The summed E-state index contributed by atoms with van der Waals surface area (Å²) in [6.07, 6.45) is 0. The molecule has 0 saturated carbocycles. The fraction of sp³-hybridized carbons (Fsp3) is 0.500. The molecule has 1 atom stereocenters. The average molecular weight is 437 g/mol. The summed E-state index contributed by atoms with van der Waals surface area (Å²) < 4.78 is 5.49. The first-order valence-corrected chi connectivity index (χ1v) is 11.8. The van der Waals surface area contributed by atoms with Gasteiger partial charge in [-0.25, -0.2) is 0 Å². The maximum atomic E-state index is 12.9. The third kappa shape index (κ3) is 6.62. The maximum Gasteiger partial charge on any atom is 0.236 e. The van der Waals surface area contributed by atoms with Crippen LogP contribution < -0.4 is 5.32 Å². The molecule has 0 radical (unpaired) electrons. The second kappa shape index (κ2) is 11.6. The predicted molar refractivity (Wildman–Crippen MR) is 127 cm³/mol. The molecule has 2 fully saturated rings. The van der Waals surface area contributed by atoms with Gasteiger partial charge in [-0.2, -0.15) is 0 Å². The van der Waals surface area contributed by atoms with Crippen molar-refractivity contribution in [1.29, 1.82) is 0 Å². The highest BCUT2D eigenvalue weighted by Crippen LogP contribution is 2.16. The molecule has 2 aliphatic heterocycles. The number of morpholine rings is 1. The Morgan fingerprint density at radius 2 is 1.69 bits per heavy atom. The first-order valence-electron chi connectivity index (χ1n) is 11.8. The molecule has 0 aliphatic carbocycles. The standard InChI is InChI=1S/C26H36N4O2/c1-22-6-5-7-23(18-22)20-28-10-12-30(13-11-28)26(31)19-27-25(24-8-3-2-4-9-24)21-29-14-16-32-17-15-29/h2-9,18,25,27H,10-17,19-21H2,1H3. The highest BCUT2D eigenvalue weighted by atomic mass is 16.5. The van der Waals surface area contributed by atoms with Gasteiger partial charge in [-0.1, -0.05) is 60.2 Å². The number of rotatable bonds is 8. The van der Waals surface area contributed by atoms with Crippen molar-refractivity contribution in [1.82, 2.24) is 20.0 Å². The summed E-state index contributed by atoms with van der Waals surface area (Å²) in [5.74, 6) is 0.197. The lowest BCUT2D eigenvalue weighted by atomic mass is 10.1. The van der Waals surface area contributed by atoms with Gasteiger partial charge in [-0.05, 0) is 18.1 Å². The van der Waals surface area contributed by atoms with Crippen LogP contribution in [0, 0.1) is 6.92 Å². The van der Waals surface area contributed by atoms with Gasteiger partial charge < -0.3 is 15.0 Å². The molecule has 0 spiro atoms. The molecule has 4 rings (SSSR count). The summed E-state index contributed by atoms with van der Waals surface area (Å²) in [5, 5.41) is 3.55. The number of piperazine rings is 1. The van der Waals surface area contributed by atoms with Gasteiger partial charge >= 0.3 is 0 Å². The number of aryl methyl sites for hydroxylation is 1. The van der Waals surface area contributed by atoms with Crippen molar-refractivity contribution in [2.75, 3.05) is 65.6 Å². The molecule has 2 aromatic rings. The first-order chi connectivity index (χ1) is 15.7. The fourth-order valence-corrected chi connectivity index (χ4v) is 4.56. The highest BCUT2D eigenvalue weighted by Gasteiger charge is 2.23. The molecule has 0 bridgehead atoms. The smallest absolute Gasteiger partial charge is 0.236 e. The van der Waals surface area contributed by atoms with Crippen LogP contribution in [0.5, 0.6) is 0 Å². The van der Waals surface area contributed by atoms with Crippen molar-refractivity contribution in [2.24, 2.45) is 0 Å². The second-order valence-electron chi connectivity index (χ2n) is 8.90. The summed E-state index contributed by atoms with van der Waals surface area (Å²) >= 11 is 0. The zero-order chi connectivity index (χ0) is 22.2. The zero-order valence-corrected chi connectivity index (χ0v) is 19.2. The Balaban J connectivity index is 1.26. The number of ether oxygens (including phenoxy) is 1. The van der Waals surface area contributed by atoms with Crippen LogP contribution in [-0.2, 0) is 16.1 Å². The van der Waals surface area contributed by atoms with Gasteiger partial charge in [0, 0.05) is 58.4 Å². The maximum absolute atomic E-state index is 12.9. The van der Waals surface area contributed by atoms with Crippen molar-refractivity contribution in [3.05, 3.63) is 71.3 Å². The molecular weight excluding hydrogens is 400 g/mol. The van der Waals surface area contributed by atoms with Crippen molar-refractivity contribution >= 4 is 5.91 Å². The average Bonchev–Trinajstić information content (AvgIpc) is 2.83. The largest absolute Gasteiger partial charge is 0.379 e. The number of nitrogens with zero attached hydrogens (tertiary/aromatic N) is 3. The van der Waals surface area contributed by atoms with Crippen LogP contribution in [0.25, 0.3) is 0 Å². The van der Waals surface area contributed by atoms with Gasteiger partial charge in [-0.3, -0.25) is 14.6 Å². The molecule has 172 valence electrons. The van der Waals surface area contributed by atoms with E-state index in [-0.39, 0.29) is 11.9 Å². The number of amides is 1. The van der Waals surface area contributed by atoms with E-state index in [0.717, 1.165) is 65.6 Å². The third-order valence-corrected chi connectivity index (χ3v) is 6.46. The van der Waals surface area contributed by atoms with E-state index < -0.39 is 0 Å². The molecule has 0 aromatic heterocycles. The van der Waals surface area contributed by atoms with E-state index >= 15 is 0 Å². The van der Waals surface area contributed by atoms with E-state index in [4.69, 9.17) is 4.74 Å². The predicted octanol–water partition coefficient (Wildman–Crippen LogP) is 2.30. The minimum absolute atomic E-state index is 0.140. The molecular formula is C26H36N4O2. The molecule has 1 unspecified atom stereocenters. The van der Waals surface area contributed by atoms with E-state index in [1.807, 2.05) is 11.0 Å². The number of carbonyl (C=O) groups is 1. The second-order valence-corrected chi connectivity index (χ2v) is 8.90. The molecule has 2 heterocycles. The number of hydrogen-bond donors (Lipinski definition) is 1. The fourth-order valence-electron chi connectivity index (χ4n) is 4.56. The molecule has 32 heavy (non-hydrogen) atoms. The summed E-state index contributed by atoms with van der Waals surface area (Å²) in [6, 6.07) is 19.3. The van der Waals surface area contributed by atoms with E-state index in [1.165, 1.54) is 16.7 Å². The van der Waals surface area contributed by atoms with Gasteiger partial charge in [0.25, 0.3) is 0 Å². The summed E-state index contributed by atoms with van der Waals surface area (Å²) in [4.78, 5) is 19.8. The molecule has 1 amide bonds. The monoisotopic (exact) mass is 436 g/mol. The van der Waals surface area contributed by atoms with Crippen LogP contribution in [0.2, 0.25) is 0 Å². The van der Waals surface area contributed by atoms with E-state index in [0.29, 0.717) is 6.54 Å². The Kier molecular flexibility index (Phi) is 8.29. The normalized spacial score (nSPS) is 19.1. The topological polar surface area (TPSA) is 48.0 Å². The lowest BCUT2D eigenvalue weighted by molar-refractivity contribution is -0.132. The van der Waals surface area contributed by atoms with Crippen LogP contribution in [0.1, 0.15) is 22.7 Å². The summed E-state index contributed by atoms with van der Waals surface area (Å²) in [6.45, 7) is 11.3. The zero-order valence-electron chi connectivity index (χ0n) is 19.2. The Labute approximate surface area is 192 Å². The van der Waals surface area contributed by atoms with Crippen LogP contribution >= 0.6 is 0 Å². The van der Waals surface area contributed by atoms with Crippen LogP contribution in [0.3, 0.4) is 0 Å². The van der Waals surface area contributed by atoms with Crippen LogP contribution in [0.15, 0.2) is 54.6 Å². The van der Waals surface area contributed by atoms with Gasteiger partial charge in [-0.15, -0.1) is 0 Å². The van der Waals surface area contributed by atoms with Crippen molar-refractivity contribution < 1.29 is 9.53 Å². The quantitative estimate of drug-likeness (QED) is 0.688. The third-order valence-electron chi connectivity index (χ3n) is 6.46. The Bertz CT molecular complexity index is 846. The summed E-state index contributed by atoms with van der Waals surface area (Å²) in [5.41, 5.74) is 3.88. The Morgan fingerprint density at radius 1 is 0.938 bits per heavy atom. The number of hydrogen-bond acceptors (Lipinski definition) is 5. The Hall–Kier alpha value is -2.25. The highest BCUT2D eigenvalue weighted by molar-refractivity contribution is 5.78. The molecule has 2 saturated heterocycles. The number of carbonyl (C=O) groups excluding carboxylic acids is 1. The van der Waals surface area contributed by atoms with Crippen molar-refractivity contribution in [3.63, 3.8) is 0 Å². The summed E-state index contributed by atoms with van der Waals surface area (Å²) in [7, 11) is 0. The lowest BCUT2D eigenvalue weighted by Gasteiger charge is -2.35. The minimum atomic E-state index is 0.140. The molecule has 2 aromatic carbocycles.